The summed E-state index contributed by atoms with van der Waals surface area (Å²) >= 11 is 0. The van der Waals surface area contributed by atoms with Crippen molar-refractivity contribution in [2.24, 2.45) is 4.99 Å². The van der Waals surface area contributed by atoms with Crippen molar-refractivity contribution in [3.8, 4) is 5.75 Å². The summed E-state index contributed by atoms with van der Waals surface area (Å²) in [7, 11) is -1.70. The number of rotatable bonds is 8. The molecule has 0 saturated carbocycles. The van der Waals surface area contributed by atoms with E-state index in [2.05, 4.69) is 20.3 Å². The molecule has 0 heterocycles. The van der Waals surface area contributed by atoms with Crippen molar-refractivity contribution in [2.75, 3.05) is 24.6 Å². The largest absolute Gasteiger partial charge is 0.497 e. The van der Waals surface area contributed by atoms with E-state index in [-0.39, 0.29) is 0 Å². The number of benzene rings is 2. The second kappa shape index (κ2) is 9.82. The van der Waals surface area contributed by atoms with E-state index in [9.17, 15) is 8.42 Å². The lowest BCUT2D eigenvalue weighted by Gasteiger charge is -2.14. The summed E-state index contributed by atoms with van der Waals surface area (Å²) in [6.45, 7) is 3.66. The number of anilines is 1. The summed E-state index contributed by atoms with van der Waals surface area (Å²) in [6, 6.07) is 15.0. The van der Waals surface area contributed by atoms with Crippen molar-refractivity contribution in [2.45, 2.75) is 20.0 Å². The first kappa shape index (κ1) is 20.6. The molecule has 8 heteroatoms. The first-order valence-electron chi connectivity index (χ1n) is 8.62. The van der Waals surface area contributed by atoms with Crippen LogP contribution in [-0.2, 0) is 23.1 Å². The Hall–Kier alpha value is -2.74. The molecule has 2 rings (SSSR count). The Morgan fingerprint density at radius 2 is 1.78 bits per heavy atom. The fourth-order valence-electron chi connectivity index (χ4n) is 2.40. The van der Waals surface area contributed by atoms with Crippen LogP contribution < -0.4 is 20.1 Å². The molecule has 0 amide bonds. The predicted octanol–water partition coefficient (Wildman–Crippen LogP) is 2.32. The van der Waals surface area contributed by atoms with Gasteiger partial charge in [-0.05, 0) is 36.2 Å². The number of ether oxygens (including phenoxy) is 1. The van der Waals surface area contributed by atoms with E-state index < -0.39 is 10.0 Å². The van der Waals surface area contributed by atoms with E-state index in [0.717, 1.165) is 29.7 Å². The Labute approximate surface area is 160 Å². The first-order chi connectivity index (χ1) is 12.9. The lowest BCUT2D eigenvalue weighted by Crippen LogP contribution is -2.37. The summed E-state index contributed by atoms with van der Waals surface area (Å²) in [5, 5.41) is 6.42. The number of hydrogen-bond acceptors (Lipinski definition) is 4. The molecule has 0 fully saturated rings. The molecule has 3 N–H and O–H groups in total. The third kappa shape index (κ3) is 7.18. The maximum atomic E-state index is 11.5. The lowest BCUT2D eigenvalue weighted by atomic mass is 10.2. The lowest BCUT2D eigenvalue weighted by molar-refractivity contribution is 0.414. The number of para-hydroxylation sites is 1. The van der Waals surface area contributed by atoms with Gasteiger partial charge in [-0.25, -0.2) is 13.4 Å². The molecule has 0 atom stereocenters. The monoisotopic (exact) mass is 390 g/mol. The molecule has 0 aliphatic heterocycles. The van der Waals surface area contributed by atoms with Crippen LogP contribution in [0.25, 0.3) is 0 Å². The molecular formula is C19H26N4O3S. The van der Waals surface area contributed by atoms with Crippen LogP contribution in [0.3, 0.4) is 0 Å². The molecule has 0 spiro atoms. The Bertz CT molecular complexity index is 865. The number of guanidine groups is 1. The van der Waals surface area contributed by atoms with E-state index in [1.807, 2.05) is 43.3 Å². The molecular weight excluding hydrogens is 364 g/mol. The van der Waals surface area contributed by atoms with Crippen LogP contribution in [0.4, 0.5) is 5.69 Å². The topological polar surface area (TPSA) is 91.8 Å². The molecule has 0 aliphatic carbocycles. The summed E-state index contributed by atoms with van der Waals surface area (Å²) in [5.41, 5.74) is 2.45. The molecule has 2 aromatic carbocycles. The zero-order valence-electron chi connectivity index (χ0n) is 15.8. The van der Waals surface area contributed by atoms with Gasteiger partial charge in [0.15, 0.2) is 5.96 Å². The molecule has 27 heavy (non-hydrogen) atoms. The maximum Gasteiger partial charge on any atom is 0.229 e. The second-order valence-corrected chi connectivity index (χ2v) is 7.68. The standard InChI is InChI=1S/C19H26N4O3S/c1-4-20-19(21-13-15-9-11-17(26-2)12-10-15)22-14-16-7-5-6-8-18(16)23-27(3,24)25/h5-12,23H,4,13-14H2,1-3H3,(H2,20,21,22). The van der Waals surface area contributed by atoms with E-state index >= 15 is 0 Å². The Morgan fingerprint density at radius 3 is 2.41 bits per heavy atom. The molecule has 0 aliphatic rings. The smallest absolute Gasteiger partial charge is 0.229 e. The van der Waals surface area contributed by atoms with Gasteiger partial charge in [-0.15, -0.1) is 0 Å². The fraction of sp³-hybridized carbons (Fsp3) is 0.316. The number of hydrogen-bond donors (Lipinski definition) is 3. The third-order valence-electron chi connectivity index (χ3n) is 3.68. The van der Waals surface area contributed by atoms with Gasteiger partial charge in [0, 0.05) is 13.1 Å². The maximum absolute atomic E-state index is 11.5. The van der Waals surface area contributed by atoms with Crippen LogP contribution in [0.1, 0.15) is 18.1 Å². The zero-order valence-corrected chi connectivity index (χ0v) is 16.6. The first-order valence-corrected chi connectivity index (χ1v) is 10.5. The normalized spacial score (nSPS) is 11.7. The number of nitrogens with zero attached hydrogens (tertiary/aromatic N) is 1. The van der Waals surface area contributed by atoms with Crippen LogP contribution >= 0.6 is 0 Å². The summed E-state index contributed by atoms with van der Waals surface area (Å²) in [5.74, 6) is 1.46. The second-order valence-electron chi connectivity index (χ2n) is 5.93. The van der Waals surface area contributed by atoms with Crippen molar-refractivity contribution >= 4 is 21.7 Å². The van der Waals surface area contributed by atoms with Crippen LogP contribution in [0.5, 0.6) is 5.75 Å². The SMILES string of the molecule is CCNC(=NCc1ccc(OC)cc1)NCc1ccccc1NS(C)(=O)=O. The van der Waals surface area contributed by atoms with E-state index in [4.69, 9.17) is 4.74 Å². The highest BCUT2D eigenvalue weighted by atomic mass is 32.2. The van der Waals surface area contributed by atoms with Crippen molar-refractivity contribution in [1.29, 1.82) is 0 Å². The molecule has 0 aromatic heterocycles. The van der Waals surface area contributed by atoms with Crippen molar-refractivity contribution in [1.82, 2.24) is 10.6 Å². The molecule has 0 bridgehead atoms. The van der Waals surface area contributed by atoms with Gasteiger partial charge in [0.25, 0.3) is 0 Å². The highest BCUT2D eigenvalue weighted by molar-refractivity contribution is 7.92. The van der Waals surface area contributed by atoms with Gasteiger partial charge in [-0.2, -0.15) is 0 Å². The van der Waals surface area contributed by atoms with Gasteiger partial charge in [-0.3, -0.25) is 4.72 Å². The number of sulfonamides is 1. The molecule has 7 nitrogen and oxygen atoms in total. The van der Waals surface area contributed by atoms with Gasteiger partial charge in [-0.1, -0.05) is 30.3 Å². The van der Waals surface area contributed by atoms with E-state index in [0.29, 0.717) is 24.7 Å². The van der Waals surface area contributed by atoms with Gasteiger partial charge >= 0.3 is 0 Å². The van der Waals surface area contributed by atoms with Gasteiger partial charge in [0.1, 0.15) is 5.75 Å². The Morgan fingerprint density at radius 1 is 1.07 bits per heavy atom. The summed E-state index contributed by atoms with van der Waals surface area (Å²) < 4.78 is 30.7. The Kier molecular flexibility index (Phi) is 7.48. The number of methoxy groups -OCH3 is 1. The molecule has 0 radical (unpaired) electrons. The van der Waals surface area contributed by atoms with Crippen molar-refractivity contribution in [3.63, 3.8) is 0 Å². The van der Waals surface area contributed by atoms with Crippen LogP contribution in [-0.4, -0.2) is 34.3 Å². The fourth-order valence-corrected chi connectivity index (χ4v) is 2.99. The summed E-state index contributed by atoms with van der Waals surface area (Å²) in [4.78, 5) is 4.57. The highest BCUT2D eigenvalue weighted by Crippen LogP contribution is 2.16. The number of aliphatic imine (C=N–C) groups is 1. The highest BCUT2D eigenvalue weighted by Gasteiger charge is 2.07. The Balaban J connectivity index is 2.05. The van der Waals surface area contributed by atoms with E-state index in [1.54, 1.807) is 19.2 Å². The predicted molar refractivity (Wildman–Crippen MR) is 110 cm³/mol. The average Bonchev–Trinajstić information content (AvgIpc) is 2.64. The molecule has 0 saturated heterocycles. The molecule has 0 unspecified atom stereocenters. The minimum Gasteiger partial charge on any atom is -0.497 e. The summed E-state index contributed by atoms with van der Waals surface area (Å²) in [6.07, 6.45) is 1.14. The third-order valence-corrected chi connectivity index (χ3v) is 4.27. The van der Waals surface area contributed by atoms with Gasteiger partial charge < -0.3 is 15.4 Å². The minimum absolute atomic E-state index is 0.438. The number of nitrogens with one attached hydrogen (secondary N) is 3. The average molecular weight is 391 g/mol. The molecule has 2 aromatic rings. The quantitative estimate of drug-likeness (QED) is 0.475. The van der Waals surface area contributed by atoms with Crippen LogP contribution in [0, 0.1) is 0 Å². The van der Waals surface area contributed by atoms with Crippen LogP contribution in [0.2, 0.25) is 0 Å². The van der Waals surface area contributed by atoms with Crippen molar-refractivity contribution < 1.29 is 13.2 Å². The minimum atomic E-state index is -3.33. The van der Waals surface area contributed by atoms with Gasteiger partial charge in [0.2, 0.25) is 10.0 Å². The van der Waals surface area contributed by atoms with Crippen LogP contribution in [0.15, 0.2) is 53.5 Å². The molecule has 146 valence electrons. The zero-order chi connectivity index (χ0) is 19.7. The van der Waals surface area contributed by atoms with Gasteiger partial charge in [0.05, 0.1) is 25.6 Å². The van der Waals surface area contributed by atoms with Crippen molar-refractivity contribution in [3.05, 3.63) is 59.7 Å². The van der Waals surface area contributed by atoms with E-state index in [1.165, 1.54) is 0 Å².